The standard InChI is InChI=1S/C16H27N3O2/c1-13(2)21-11-5-10-18-16(17-3)19-12-14-6-8-15(20-4)9-7-14/h6-9,13H,5,10-12H2,1-4H3,(H2,17,18,19). The second-order valence-corrected chi connectivity index (χ2v) is 4.97. The molecule has 5 heteroatoms. The maximum absolute atomic E-state index is 5.50. The molecule has 0 aliphatic carbocycles. The number of guanidine groups is 1. The zero-order chi connectivity index (χ0) is 15.5. The van der Waals surface area contributed by atoms with Gasteiger partial charge in [-0.2, -0.15) is 0 Å². The molecule has 0 bridgehead atoms. The van der Waals surface area contributed by atoms with E-state index in [2.05, 4.69) is 15.6 Å². The maximum Gasteiger partial charge on any atom is 0.191 e. The van der Waals surface area contributed by atoms with Crippen LogP contribution in [-0.4, -0.2) is 39.4 Å². The molecule has 2 N–H and O–H groups in total. The van der Waals surface area contributed by atoms with E-state index in [4.69, 9.17) is 9.47 Å². The van der Waals surface area contributed by atoms with E-state index in [1.807, 2.05) is 38.1 Å². The molecule has 0 unspecified atom stereocenters. The molecule has 0 radical (unpaired) electrons. The third-order valence-corrected chi connectivity index (χ3v) is 2.91. The summed E-state index contributed by atoms with van der Waals surface area (Å²) in [5, 5.41) is 6.55. The second kappa shape index (κ2) is 10.0. The van der Waals surface area contributed by atoms with Crippen molar-refractivity contribution in [2.24, 2.45) is 4.99 Å². The van der Waals surface area contributed by atoms with E-state index in [-0.39, 0.29) is 6.10 Å². The average molecular weight is 293 g/mol. The van der Waals surface area contributed by atoms with Crippen LogP contribution in [-0.2, 0) is 11.3 Å². The fraction of sp³-hybridized carbons (Fsp3) is 0.562. The Labute approximate surface area is 127 Å². The van der Waals surface area contributed by atoms with Crippen LogP contribution in [0.1, 0.15) is 25.8 Å². The van der Waals surface area contributed by atoms with Gasteiger partial charge >= 0.3 is 0 Å². The summed E-state index contributed by atoms with van der Waals surface area (Å²) in [6.45, 7) is 6.42. The molecule has 1 aromatic carbocycles. The van der Waals surface area contributed by atoms with E-state index < -0.39 is 0 Å². The van der Waals surface area contributed by atoms with Crippen molar-refractivity contribution in [3.8, 4) is 5.75 Å². The van der Waals surface area contributed by atoms with Crippen molar-refractivity contribution in [2.75, 3.05) is 27.3 Å². The molecule has 0 atom stereocenters. The van der Waals surface area contributed by atoms with E-state index in [1.54, 1.807) is 14.2 Å². The third kappa shape index (κ3) is 7.56. The lowest BCUT2D eigenvalue weighted by Crippen LogP contribution is -2.37. The maximum atomic E-state index is 5.50. The number of ether oxygens (including phenoxy) is 2. The molecule has 118 valence electrons. The quantitative estimate of drug-likeness (QED) is 0.438. The minimum atomic E-state index is 0.289. The van der Waals surface area contributed by atoms with Crippen LogP contribution in [0.3, 0.4) is 0 Å². The van der Waals surface area contributed by atoms with E-state index in [1.165, 1.54) is 5.56 Å². The van der Waals surface area contributed by atoms with E-state index in [9.17, 15) is 0 Å². The molecule has 0 heterocycles. The molecule has 1 aromatic rings. The zero-order valence-corrected chi connectivity index (χ0v) is 13.5. The number of hydrogen-bond donors (Lipinski definition) is 2. The van der Waals surface area contributed by atoms with Crippen molar-refractivity contribution in [3.05, 3.63) is 29.8 Å². The van der Waals surface area contributed by atoms with Crippen LogP contribution in [0.5, 0.6) is 5.75 Å². The highest BCUT2D eigenvalue weighted by molar-refractivity contribution is 5.79. The largest absolute Gasteiger partial charge is 0.497 e. The minimum Gasteiger partial charge on any atom is -0.497 e. The Morgan fingerprint density at radius 1 is 1.19 bits per heavy atom. The third-order valence-electron chi connectivity index (χ3n) is 2.91. The highest BCUT2D eigenvalue weighted by Gasteiger charge is 1.99. The molecule has 0 aliphatic rings. The van der Waals surface area contributed by atoms with Gasteiger partial charge in [-0.05, 0) is 38.0 Å². The Hall–Kier alpha value is -1.75. The van der Waals surface area contributed by atoms with E-state index >= 15 is 0 Å². The molecule has 5 nitrogen and oxygen atoms in total. The number of nitrogens with one attached hydrogen (secondary N) is 2. The summed E-state index contributed by atoms with van der Waals surface area (Å²) in [6.07, 6.45) is 1.25. The van der Waals surface area contributed by atoms with Gasteiger partial charge in [0.05, 0.1) is 13.2 Å². The summed E-state index contributed by atoms with van der Waals surface area (Å²) >= 11 is 0. The summed E-state index contributed by atoms with van der Waals surface area (Å²) in [5.74, 6) is 1.67. The normalized spacial score (nSPS) is 11.6. The van der Waals surface area contributed by atoms with Crippen LogP contribution in [0.4, 0.5) is 0 Å². The predicted molar refractivity (Wildman–Crippen MR) is 86.9 cm³/mol. The summed E-state index contributed by atoms with van der Waals surface area (Å²) in [7, 11) is 3.44. The average Bonchev–Trinajstić information content (AvgIpc) is 2.50. The highest BCUT2D eigenvalue weighted by Crippen LogP contribution is 2.10. The van der Waals surface area contributed by atoms with Gasteiger partial charge in [0.15, 0.2) is 5.96 Å². The Morgan fingerprint density at radius 3 is 2.48 bits per heavy atom. The van der Waals surface area contributed by atoms with Crippen LogP contribution < -0.4 is 15.4 Å². The van der Waals surface area contributed by atoms with Gasteiger partial charge in [-0.3, -0.25) is 4.99 Å². The summed E-state index contributed by atoms with van der Waals surface area (Å²) in [5.41, 5.74) is 1.18. The Bertz CT molecular complexity index is 416. The van der Waals surface area contributed by atoms with Crippen LogP contribution >= 0.6 is 0 Å². The SMILES string of the molecule is CN=C(NCCCOC(C)C)NCc1ccc(OC)cc1. The fourth-order valence-electron chi connectivity index (χ4n) is 1.75. The van der Waals surface area contributed by atoms with Gasteiger partial charge in [0.2, 0.25) is 0 Å². The fourth-order valence-corrected chi connectivity index (χ4v) is 1.75. The monoisotopic (exact) mass is 293 g/mol. The van der Waals surface area contributed by atoms with Gasteiger partial charge in [0.1, 0.15) is 5.75 Å². The molecule has 0 fully saturated rings. The van der Waals surface area contributed by atoms with Gasteiger partial charge in [-0.1, -0.05) is 12.1 Å². The van der Waals surface area contributed by atoms with Crippen LogP contribution in [0.25, 0.3) is 0 Å². The molecular weight excluding hydrogens is 266 g/mol. The first-order valence-electron chi connectivity index (χ1n) is 7.34. The van der Waals surface area contributed by atoms with Crippen molar-refractivity contribution in [3.63, 3.8) is 0 Å². The van der Waals surface area contributed by atoms with Gasteiger partial charge < -0.3 is 20.1 Å². The van der Waals surface area contributed by atoms with Gasteiger partial charge in [0, 0.05) is 26.7 Å². The van der Waals surface area contributed by atoms with Crippen molar-refractivity contribution in [1.29, 1.82) is 0 Å². The first-order valence-corrected chi connectivity index (χ1v) is 7.34. The van der Waals surface area contributed by atoms with Gasteiger partial charge in [0.25, 0.3) is 0 Å². The molecule has 0 amide bonds. The molecule has 21 heavy (non-hydrogen) atoms. The van der Waals surface area contributed by atoms with Crippen molar-refractivity contribution >= 4 is 5.96 Å². The Morgan fingerprint density at radius 2 is 1.90 bits per heavy atom. The topological polar surface area (TPSA) is 54.9 Å². The van der Waals surface area contributed by atoms with Crippen LogP contribution in [0.15, 0.2) is 29.3 Å². The molecule has 0 aliphatic heterocycles. The molecule has 0 saturated heterocycles. The molecule has 0 aromatic heterocycles. The molecule has 0 spiro atoms. The first-order chi connectivity index (χ1) is 10.2. The Balaban J connectivity index is 2.24. The van der Waals surface area contributed by atoms with E-state index in [0.717, 1.165) is 37.8 Å². The number of benzene rings is 1. The second-order valence-electron chi connectivity index (χ2n) is 4.97. The molecule has 1 rings (SSSR count). The zero-order valence-electron chi connectivity index (χ0n) is 13.5. The van der Waals surface area contributed by atoms with E-state index in [0.29, 0.717) is 0 Å². The summed E-state index contributed by atoms with van der Waals surface area (Å²) in [4.78, 5) is 4.20. The number of nitrogens with zero attached hydrogens (tertiary/aromatic N) is 1. The Kier molecular flexibility index (Phi) is 8.28. The van der Waals surface area contributed by atoms with Crippen molar-refractivity contribution in [1.82, 2.24) is 10.6 Å². The van der Waals surface area contributed by atoms with Crippen molar-refractivity contribution in [2.45, 2.75) is 32.9 Å². The van der Waals surface area contributed by atoms with Gasteiger partial charge in [-0.15, -0.1) is 0 Å². The number of methoxy groups -OCH3 is 1. The summed E-state index contributed by atoms with van der Waals surface area (Å²) < 4.78 is 10.6. The smallest absolute Gasteiger partial charge is 0.191 e. The molecular formula is C16H27N3O2. The first kappa shape index (κ1) is 17.3. The predicted octanol–water partition coefficient (Wildman–Crippen LogP) is 2.18. The van der Waals surface area contributed by atoms with Crippen molar-refractivity contribution < 1.29 is 9.47 Å². The lowest BCUT2D eigenvalue weighted by molar-refractivity contribution is 0.0776. The van der Waals surface area contributed by atoms with Crippen LogP contribution in [0.2, 0.25) is 0 Å². The lowest BCUT2D eigenvalue weighted by Gasteiger charge is -2.13. The van der Waals surface area contributed by atoms with Gasteiger partial charge in [-0.25, -0.2) is 0 Å². The highest BCUT2D eigenvalue weighted by atomic mass is 16.5. The van der Waals surface area contributed by atoms with Crippen LogP contribution in [0, 0.1) is 0 Å². The molecule has 0 saturated carbocycles. The lowest BCUT2D eigenvalue weighted by atomic mass is 10.2. The summed E-state index contributed by atoms with van der Waals surface area (Å²) in [6, 6.07) is 7.98. The number of hydrogen-bond acceptors (Lipinski definition) is 3. The minimum absolute atomic E-state index is 0.289. The number of rotatable bonds is 8. The number of aliphatic imine (C=N–C) groups is 1.